The highest BCUT2D eigenvalue weighted by Crippen LogP contribution is 2.11. The fourth-order valence-electron chi connectivity index (χ4n) is 3.83. The molecule has 0 atom stereocenters. The third kappa shape index (κ3) is 9.04. The molecular weight excluding hydrogens is 396 g/mol. The molecule has 0 aliphatic rings. The lowest BCUT2D eigenvalue weighted by molar-refractivity contribution is 0.607. The van der Waals surface area contributed by atoms with Crippen molar-refractivity contribution in [3.8, 4) is 23.7 Å². The van der Waals surface area contributed by atoms with Gasteiger partial charge in [-0.25, -0.2) is 0 Å². The van der Waals surface area contributed by atoms with Gasteiger partial charge in [0.15, 0.2) is 0 Å². The van der Waals surface area contributed by atoms with E-state index in [1.807, 2.05) is 24.3 Å². The van der Waals surface area contributed by atoms with Crippen LogP contribution in [-0.2, 0) is 12.8 Å². The van der Waals surface area contributed by atoms with Crippen molar-refractivity contribution >= 4 is 0 Å². The van der Waals surface area contributed by atoms with Crippen molar-refractivity contribution in [1.29, 1.82) is 0 Å². The van der Waals surface area contributed by atoms with Gasteiger partial charge in [0.05, 0.1) is 0 Å². The second-order valence-electron chi connectivity index (χ2n) is 8.74. The number of unbranched alkanes of at least 4 members (excludes halogenated alkanes) is 5. The SMILES string of the molecule is CCCCCCCCc1ccc(C#Cc2ccc(C#Cc3ccc(CCC)cc3)cc2)cc1. The number of rotatable bonds is 9. The molecule has 33 heavy (non-hydrogen) atoms. The normalized spacial score (nSPS) is 10.1. The first-order valence-corrected chi connectivity index (χ1v) is 12.6. The van der Waals surface area contributed by atoms with Gasteiger partial charge in [0.2, 0.25) is 0 Å². The minimum Gasteiger partial charge on any atom is -0.0654 e. The highest BCUT2D eigenvalue weighted by atomic mass is 14.0. The van der Waals surface area contributed by atoms with E-state index in [2.05, 4.69) is 86.1 Å². The summed E-state index contributed by atoms with van der Waals surface area (Å²) in [5, 5.41) is 0. The Kier molecular flexibility index (Phi) is 10.4. The van der Waals surface area contributed by atoms with Crippen LogP contribution in [0, 0.1) is 23.7 Å². The minimum atomic E-state index is 1.01. The molecule has 0 heterocycles. The molecular formula is C33H36. The van der Waals surface area contributed by atoms with Crippen LogP contribution in [0.4, 0.5) is 0 Å². The Morgan fingerprint density at radius 1 is 0.394 bits per heavy atom. The van der Waals surface area contributed by atoms with Crippen LogP contribution in [0.25, 0.3) is 0 Å². The smallest absolute Gasteiger partial charge is 0.0249 e. The summed E-state index contributed by atoms with van der Waals surface area (Å²) in [5.41, 5.74) is 6.94. The Bertz CT molecular complexity index is 1080. The molecule has 3 aromatic rings. The Labute approximate surface area is 201 Å². The number of hydrogen-bond donors (Lipinski definition) is 0. The molecule has 0 unspecified atom stereocenters. The van der Waals surface area contributed by atoms with Gasteiger partial charge in [0, 0.05) is 22.3 Å². The first-order valence-electron chi connectivity index (χ1n) is 12.6. The molecule has 0 heteroatoms. The second kappa shape index (κ2) is 14.0. The number of hydrogen-bond acceptors (Lipinski definition) is 0. The van der Waals surface area contributed by atoms with E-state index in [0.717, 1.165) is 28.7 Å². The topological polar surface area (TPSA) is 0 Å². The van der Waals surface area contributed by atoms with Gasteiger partial charge in [-0.1, -0.05) is 100 Å². The monoisotopic (exact) mass is 432 g/mol. The lowest BCUT2D eigenvalue weighted by atomic mass is 10.0. The zero-order valence-corrected chi connectivity index (χ0v) is 20.3. The lowest BCUT2D eigenvalue weighted by Crippen LogP contribution is -1.87. The first-order chi connectivity index (χ1) is 16.3. The van der Waals surface area contributed by atoms with Crippen LogP contribution in [0.2, 0.25) is 0 Å². The Hall–Kier alpha value is -3.22. The summed E-state index contributed by atoms with van der Waals surface area (Å²) >= 11 is 0. The van der Waals surface area contributed by atoms with Crippen LogP contribution in [0.15, 0.2) is 72.8 Å². The van der Waals surface area contributed by atoms with Gasteiger partial charge in [-0.15, -0.1) is 0 Å². The maximum Gasteiger partial charge on any atom is 0.0249 e. The van der Waals surface area contributed by atoms with Crippen molar-refractivity contribution < 1.29 is 0 Å². The van der Waals surface area contributed by atoms with E-state index in [9.17, 15) is 0 Å². The zero-order valence-electron chi connectivity index (χ0n) is 20.3. The van der Waals surface area contributed by atoms with Crippen LogP contribution in [0.3, 0.4) is 0 Å². The summed E-state index contributed by atoms with van der Waals surface area (Å²) in [6.45, 7) is 4.47. The highest BCUT2D eigenvalue weighted by Gasteiger charge is 1.96. The van der Waals surface area contributed by atoms with E-state index in [1.165, 1.54) is 62.5 Å². The summed E-state index contributed by atoms with van der Waals surface area (Å²) in [7, 11) is 0. The predicted octanol–water partition coefficient (Wildman–Crippen LogP) is 8.34. The summed E-state index contributed by atoms with van der Waals surface area (Å²) in [4.78, 5) is 0. The molecule has 0 fully saturated rings. The maximum atomic E-state index is 3.29. The van der Waals surface area contributed by atoms with Crippen LogP contribution < -0.4 is 0 Å². The van der Waals surface area contributed by atoms with Gasteiger partial charge < -0.3 is 0 Å². The zero-order chi connectivity index (χ0) is 23.1. The van der Waals surface area contributed by atoms with Gasteiger partial charge in [-0.3, -0.25) is 0 Å². The molecule has 3 rings (SSSR count). The van der Waals surface area contributed by atoms with E-state index >= 15 is 0 Å². The molecule has 0 aliphatic carbocycles. The predicted molar refractivity (Wildman–Crippen MR) is 142 cm³/mol. The number of benzene rings is 3. The van der Waals surface area contributed by atoms with Crippen molar-refractivity contribution in [1.82, 2.24) is 0 Å². The van der Waals surface area contributed by atoms with Crippen LogP contribution >= 0.6 is 0 Å². The Morgan fingerprint density at radius 2 is 0.758 bits per heavy atom. The van der Waals surface area contributed by atoms with E-state index in [1.54, 1.807) is 0 Å². The summed E-state index contributed by atoms with van der Waals surface area (Å²) in [6, 6.07) is 25.5. The molecule has 0 bridgehead atoms. The Balaban J connectivity index is 1.50. The largest absolute Gasteiger partial charge is 0.0654 e. The van der Waals surface area contributed by atoms with E-state index in [0.29, 0.717) is 0 Å². The standard InChI is InChI=1S/C33H36/c1-3-5-6-7-8-9-11-29-14-18-31(19-15-29)21-23-33-26-24-32(25-27-33)22-20-30-16-12-28(10-4-2)13-17-30/h12-19,24-27H,3-11H2,1-2H3. The highest BCUT2D eigenvalue weighted by molar-refractivity contribution is 5.48. The van der Waals surface area contributed by atoms with Gasteiger partial charge in [0.25, 0.3) is 0 Å². The average Bonchev–Trinajstić information content (AvgIpc) is 2.86. The average molecular weight is 433 g/mol. The maximum absolute atomic E-state index is 3.29. The fraction of sp³-hybridized carbons (Fsp3) is 0.333. The third-order valence-corrected chi connectivity index (χ3v) is 5.85. The molecule has 0 amide bonds. The summed E-state index contributed by atoms with van der Waals surface area (Å²) < 4.78 is 0. The van der Waals surface area contributed by atoms with E-state index in [4.69, 9.17) is 0 Å². The van der Waals surface area contributed by atoms with E-state index < -0.39 is 0 Å². The molecule has 3 aromatic carbocycles. The van der Waals surface area contributed by atoms with Crippen LogP contribution in [0.5, 0.6) is 0 Å². The molecule has 0 saturated heterocycles. The third-order valence-electron chi connectivity index (χ3n) is 5.85. The minimum absolute atomic E-state index is 1.01. The summed E-state index contributed by atoms with van der Waals surface area (Å²) in [6.07, 6.45) is 11.5. The molecule has 0 aliphatic heterocycles. The fourth-order valence-corrected chi connectivity index (χ4v) is 3.83. The van der Waals surface area contributed by atoms with Gasteiger partial charge in [0.1, 0.15) is 0 Å². The van der Waals surface area contributed by atoms with Crippen molar-refractivity contribution in [3.05, 3.63) is 106 Å². The molecule has 0 aromatic heterocycles. The summed E-state index contributed by atoms with van der Waals surface area (Å²) in [5.74, 6) is 13.1. The molecule has 0 spiro atoms. The lowest BCUT2D eigenvalue weighted by Gasteiger charge is -2.02. The van der Waals surface area contributed by atoms with Crippen molar-refractivity contribution in [2.24, 2.45) is 0 Å². The molecule has 0 nitrogen and oxygen atoms in total. The van der Waals surface area contributed by atoms with Crippen molar-refractivity contribution in [3.63, 3.8) is 0 Å². The number of aryl methyl sites for hydroxylation is 2. The van der Waals surface area contributed by atoms with E-state index in [-0.39, 0.29) is 0 Å². The molecule has 0 saturated carbocycles. The first kappa shape index (κ1) is 24.4. The van der Waals surface area contributed by atoms with Gasteiger partial charge in [-0.05, 0) is 78.9 Å². The molecule has 0 N–H and O–H groups in total. The molecule has 0 radical (unpaired) electrons. The van der Waals surface area contributed by atoms with Gasteiger partial charge >= 0.3 is 0 Å². The Morgan fingerprint density at radius 3 is 1.18 bits per heavy atom. The quantitative estimate of drug-likeness (QED) is 0.235. The van der Waals surface area contributed by atoms with Crippen LogP contribution in [-0.4, -0.2) is 0 Å². The molecule has 168 valence electrons. The van der Waals surface area contributed by atoms with Crippen LogP contribution in [0.1, 0.15) is 92.2 Å². The van der Waals surface area contributed by atoms with Crippen molar-refractivity contribution in [2.45, 2.75) is 71.6 Å². The van der Waals surface area contributed by atoms with Crippen molar-refractivity contribution in [2.75, 3.05) is 0 Å². The second-order valence-corrected chi connectivity index (χ2v) is 8.74. The van der Waals surface area contributed by atoms with Gasteiger partial charge in [-0.2, -0.15) is 0 Å².